The van der Waals surface area contributed by atoms with Crippen LogP contribution < -0.4 is 11.3 Å². The molecule has 3 aromatic carbocycles. The Bertz CT molecular complexity index is 1710. The molecule has 0 unspecified atom stereocenters. The van der Waals surface area contributed by atoms with Gasteiger partial charge < -0.3 is 20.4 Å². The number of H-pyrrole nitrogens is 2. The van der Waals surface area contributed by atoms with Crippen LogP contribution in [-0.2, 0) is 16.6 Å². The van der Waals surface area contributed by atoms with Gasteiger partial charge in [0, 0.05) is 6.42 Å². The van der Waals surface area contributed by atoms with Gasteiger partial charge in [-0.15, -0.1) is 0 Å². The van der Waals surface area contributed by atoms with Gasteiger partial charge in [-0.05, 0) is 82.6 Å². The molecule has 2 aromatic heterocycles. The lowest BCUT2D eigenvalue weighted by molar-refractivity contribution is -0.0357. The predicted molar refractivity (Wildman–Crippen MR) is 144 cm³/mol. The van der Waals surface area contributed by atoms with Crippen LogP contribution in [-0.4, -0.2) is 39.7 Å². The molecule has 37 heavy (non-hydrogen) atoms. The number of aromatic amines is 2. The van der Waals surface area contributed by atoms with Gasteiger partial charge in [-0.3, -0.25) is 4.79 Å². The molecule has 7 rings (SSSR count). The van der Waals surface area contributed by atoms with Gasteiger partial charge in [0.05, 0.1) is 47.7 Å². The molecule has 0 amide bonds. The van der Waals surface area contributed by atoms with E-state index in [1.54, 1.807) is 0 Å². The number of nitrogens with zero attached hydrogens (tertiary/aromatic N) is 2. The van der Waals surface area contributed by atoms with Gasteiger partial charge in [0.1, 0.15) is 5.82 Å². The van der Waals surface area contributed by atoms with Crippen LogP contribution in [0.15, 0.2) is 71.9 Å². The predicted octanol–water partition coefficient (Wildman–Crippen LogP) is 4.56. The molecule has 1 saturated heterocycles. The molecule has 0 atom stereocenters. The monoisotopic (exact) mass is 489 g/mol. The van der Waals surface area contributed by atoms with Gasteiger partial charge in [-0.2, -0.15) is 0 Å². The van der Waals surface area contributed by atoms with Gasteiger partial charge in [0.15, 0.2) is 0 Å². The Morgan fingerprint density at radius 1 is 0.892 bits per heavy atom. The quantitative estimate of drug-likeness (QED) is 0.303. The first kappa shape index (κ1) is 22.2. The van der Waals surface area contributed by atoms with E-state index in [0.29, 0.717) is 30.7 Å². The molecule has 1 aliphatic heterocycles. The first-order valence-electron chi connectivity index (χ1n) is 12.8. The van der Waals surface area contributed by atoms with E-state index in [4.69, 9.17) is 10.5 Å². The lowest BCUT2D eigenvalue weighted by Crippen LogP contribution is -2.46. The van der Waals surface area contributed by atoms with E-state index in [1.807, 2.05) is 24.4 Å². The fraction of sp³-hybridized carbons (Fsp3) is 0.233. The van der Waals surface area contributed by atoms with E-state index in [1.165, 1.54) is 28.6 Å². The van der Waals surface area contributed by atoms with Gasteiger partial charge in [0.25, 0.3) is 5.56 Å². The van der Waals surface area contributed by atoms with Crippen LogP contribution in [0.5, 0.6) is 0 Å². The molecule has 0 radical (unpaired) electrons. The van der Waals surface area contributed by atoms with Crippen LogP contribution in [0.3, 0.4) is 0 Å². The van der Waals surface area contributed by atoms with Crippen molar-refractivity contribution in [2.75, 3.05) is 19.8 Å². The summed E-state index contributed by atoms with van der Waals surface area (Å²) in [6, 6.07) is 19.2. The zero-order valence-corrected chi connectivity index (χ0v) is 20.4. The van der Waals surface area contributed by atoms with Crippen molar-refractivity contribution >= 4 is 10.9 Å². The van der Waals surface area contributed by atoms with Crippen molar-refractivity contribution in [2.45, 2.75) is 24.7 Å². The molecular formula is C30H27N5O2. The lowest BCUT2D eigenvalue weighted by atomic mass is 9.75. The minimum absolute atomic E-state index is 0.123. The summed E-state index contributed by atoms with van der Waals surface area (Å²) in [6.07, 6.45) is 6.34. The zero-order valence-electron chi connectivity index (χ0n) is 20.4. The van der Waals surface area contributed by atoms with Crippen molar-refractivity contribution in [1.29, 1.82) is 0 Å². The van der Waals surface area contributed by atoms with Crippen LogP contribution in [0.1, 0.15) is 29.8 Å². The first-order valence-corrected chi connectivity index (χ1v) is 12.8. The molecule has 3 heterocycles. The molecule has 0 saturated carbocycles. The molecule has 1 spiro atoms. The fourth-order valence-electron chi connectivity index (χ4n) is 5.78. The van der Waals surface area contributed by atoms with Gasteiger partial charge in [-0.25, -0.2) is 9.97 Å². The maximum Gasteiger partial charge on any atom is 0.258 e. The zero-order chi connectivity index (χ0) is 25.0. The number of fused-ring (bicyclic) bond motifs is 6. The summed E-state index contributed by atoms with van der Waals surface area (Å²) >= 11 is 0. The van der Waals surface area contributed by atoms with E-state index >= 15 is 0 Å². The first-order chi connectivity index (χ1) is 18.2. The molecule has 5 aromatic rings. The van der Waals surface area contributed by atoms with Crippen LogP contribution in [0.2, 0.25) is 0 Å². The molecule has 1 fully saturated rings. The second-order valence-electron chi connectivity index (χ2n) is 10.0. The van der Waals surface area contributed by atoms with Crippen molar-refractivity contribution in [3.8, 4) is 33.5 Å². The minimum atomic E-state index is -0.146. The summed E-state index contributed by atoms with van der Waals surface area (Å²) in [5.41, 5.74) is 15.5. The number of nitrogens with one attached hydrogen (secondary N) is 2. The van der Waals surface area contributed by atoms with Crippen molar-refractivity contribution < 1.29 is 4.74 Å². The average Bonchev–Trinajstić information content (AvgIpc) is 3.48. The number of benzene rings is 3. The Morgan fingerprint density at radius 2 is 1.62 bits per heavy atom. The van der Waals surface area contributed by atoms with E-state index in [0.717, 1.165) is 47.5 Å². The smallest absolute Gasteiger partial charge is 0.258 e. The number of hydrogen-bond donors (Lipinski definition) is 3. The van der Waals surface area contributed by atoms with Crippen molar-refractivity contribution in [2.24, 2.45) is 5.73 Å². The molecule has 2 aliphatic rings. The number of aryl methyl sites for hydroxylation is 1. The van der Waals surface area contributed by atoms with Crippen LogP contribution in [0, 0.1) is 0 Å². The third-order valence-electron chi connectivity index (χ3n) is 7.84. The van der Waals surface area contributed by atoms with E-state index in [9.17, 15) is 4.79 Å². The van der Waals surface area contributed by atoms with Gasteiger partial charge in [-0.1, -0.05) is 30.3 Å². The summed E-state index contributed by atoms with van der Waals surface area (Å²) in [6.45, 7) is 2.05. The maximum absolute atomic E-state index is 12.1. The van der Waals surface area contributed by atoms with E-state index < -0.39 is 0 Å². The van der Waals surface area contributed by atoms with Crippen molar-refractivity contribution in [1.82, 2.24) is 19.9 Å². The second kappa shape index (κ2) is 8.50. The summed E-state index contributed by atoms with van der Waals surface area (Å²) in [7, 11) is 0. The number of aromatic nitrogens is 4. The summed E-state index contributed by atoms with van der Waals surface area (Å²) < 4.78 is 5.82. The Hall–Kier alpha value is -4.07. The third-order valence-corrected chi connectivity index (χ3v) is 7.84. The van der Waals surface area contributed by atoms with E-state index in [2.05, 4.69) is 56.3 Å². The number of hydrogen-bond acceptors (Lipinski definition) is 5. The number of rotatable bonds is 6. The number of ether oxygens (including phenoxy) is 1. The highest BCUT2D eigenvalue weighted by atomic mass is 16.5. The third kappa shape index (κ3) is 3.46. The van der Waals surface area contributed by atoms with Gasteiger partial charge in [0.2, 0.25) is 0 Å². The maximum atomic E-state index is 12.1. The Balaban J connectivity index is 1.27. The number of unbranched alkanes of at least 4 members (excludes halogenated alkanes) is 1. The van der Waals surface area contributed by atoms with Crippen LogP contribution in [0.25, 0.3) is 44.4 Å². The summed E-state index contributed by atoms with van der Waals surface area (Å²) in [4.78, 5) is 27.2. The molecule has 0 bridgehead atoms. The molecule has 4 N–H and O–H groups in total. The summed E-state index contributed by atoms with van der Waals surface area (Å²) in [5, 5.41) is 0.595. The summed E-state index contributed by atoms with van der Waals surface area (Å²) in [5.74, 6) is 1.01. The minimum Gasteiger partial charge on any atom is -0.379 e. The normalized spacial score (nSPS) is 15.1. The largest absolute Gasteiger partial charge is 0.379 e. The van der Waals surface area contributed by atoms with Crippen LogP contribution >= 0.6 is 0 Å². The fourth-order valence-corrected chi connectivity index (χ4v) is 5.78. The van der Waals surface area contributed by atoms with Crippen molar-refractivity contribution in [3.05, 3.63) is 94.4 Å². The number of imidazole rings is 1. The highest BCUT2D eigenvalue weighted by molar-refractivity contribution is 5.88. The second-order valence-corrected chi connectivity index (χ2v) is 10.0. The Morgan fingerprint density at radius 3 is 2.38 bits per heavy atom. The highest BCUT2D eigenvalue weighted by Crippen LogP contribution is 2.54. The Kier molecular flexibility index (Phi) is 5.09. The lowest BCUT2D eigenvalue weighted by Gasteiger charge is -2.40. The van der Waals surface area contributed by atoms with Gasteiger partial charge >= 0.3 is 0 Å². The Labute approximate surface area is 213 Å². The van der Waals surface area contributed by atoms with Crippen LogP contribution in [0.4, 0.5) is 0 Å². The van der Waals surface area contributed by atoms with Crippen molar-refractivity contribution in [3.63, 3.8) is 0 Å². The molecule has 184 valence electrons. The SMILES string of the molecule is NCCCCc1ncc(-c2ccc3c(c2)C2(COC2)c2cc(-c4ccc5c(=O)[nH]cnc5c4)ccc2-3)[nH]1. The molecule has 7 nitrogen and oxygen atoms in total. The van der Waals surface area contributed by atoms with E-state index in [-0.39, 0.29) is 11.0 Å². The molecule has 1 aliphatic carbocycles. The molecular weight excluding hydrogens is 462 g/mol. The molecule has 7 heteroatoms. The average molecular weight is 490 g/mol. The highest BCUT2D eigenvalue weighted by Gasteiger charge is 2.49. The standard InChI is InChI=1S/C30H27N5O2/c31-10-2-1-3-28-32-14-27(35-28)20-6-8-22-21-7-4-18(11-24(21)30(15-37-16-30)25(22)12-20)19-5-9-23-26(13-19)33-17-34-29(23)36/h4-9,11-14,17H,1-3,10,15-16,31H2,(H,32,35)(H,33,34,36). The topological polar surface area (TPSA) is 110 Å². The number of nitrogens with two attached hydrogens (primary N) is 1.